The van der Waals surface area contributed by atoms with Gasteiger partial charge >= 0.3 is 0 Å². The molecule has 1 aromatic carbocycles. The number of piperidine rings is 1. The van der Waals surface area contributed by atoms with Crippen molar-refractivity contribution in [3.63, 3.8) is 0 Å². The van der Waals surface area contributed by atoms with E-state index in [2.05, 4.69) is 17.3 Å². The van der Waals surface area contributed by atoms with Gasteiger partial charge in [-0.15, -0.1) is 0 Å². The molecule has 3 nitrogen and oxygen atoms in total. The third-order valence-electron chi connectivity index (χ3n) is 2.76. The molecule has 1 saturated heterocycles. The van der Waals surface area contributed by atoms with Crippen molar-refractivity contribution in [2.75, 3.05) is 25.5 Å². The van der Waals surface area contributed by atoms with E-state index in [0.29, 0.717) is 0 Å². The summed E-state index contributed by atoms with van der Waals surface area (Å²) in [6, 6.07) is 10.0. The molecule has 0 aromatic heterocycles. The van der Waals surface area contributed by atoms with Crippen LogP contribution in [0.25, 0.3) is 0 Å². The predicted octanol–water partition coefficient (Wildman–Crippen LogP) is 2.34. The molecule has 0 bridgehead atoms. The van der Waals surface area contributed by atoms with Gasteiger partial charge in [-0.2, -0.15) is 0 Å². The first-order valence-corrected chi connectivity index (χ1v) is 5.52. The quantitative estimate of drug-likeness (QED) is 0.794. The van der Waals surface area contributed by atoms with Crippen LogP contribution in [0, 0.1) is 5.41 Å². The van der Waals surface area contributed by atoms with Gasteiger partial charge in [-0.05, 0) is 19.2 Å². The highest BCUT2D eigenvalue weighted by molar-refractivity contribution is 5.99. The fourth-order valence-corrected chi connectivity index (χ4v) is 1.77. The first-order valence-electron chi connectivity index (χ1n) is 5.52. The molecular weight excluding hydrogens is 198 g/mol. The van der Waals surface area contributed by atoms with E-state index in [1.165, 1.54) is 0 Å². The Morgan fingerprint density at radius 1 is 1.31 bits per heavy atom. The summed E-state index contributed by atoms with van der Waals surface area (Å²) in [7, 11) is 2.09. The summed E-state index contributed by atoms with van der Waals surface area (Å²) in [6.45, 7) is 1.85. The lowest BCUT2D eigenvalue weighted by atomic mass is 10.0. The van der Waals surface area contributed by atoms with Crippen LogP contribution in [0.5, 0.6) is 0 Å². The number of likely N-dealkylation sites (N-methyl/N-ethyl adjacent to an activating group) is 1. The molecule has 3 heteroatoms. The third-order valence-corrected chi connectivity index (χ3v) is 2.76. The van der Waals surface area contributed by atoms with Crippen molar-refractivity contribution in [2.24, 2.45) is 0 Å². The van der Waals surface area contributed by atoms with E-state index in [1.807, 2.05) is 36.5 Å². The summed E-state index contributed by atoms with van der Waals surface area (Å²) in [5.74, 6) is 0. The second kappa shape index (κ2) is 4.94. The van der Waals surface area contributed by atoms with Crippen molar-refractivity contribution < 1.29 is 0 Å². The summed E-state index contributed by atoms with van der Waals surface area (Å²) in [4.78, 5) is 2.23. The molecule has 0 unspecified atom stereocenters. The third kappa shape index (κ3) is 2.70. The molecule has 0 saturated carbocycles. The van der Waals surface area contributed by atoms with Crippen molar-refractivity contribution in [2.45, 2.75) is 6.42 Å². The van der Waals surface area contributed by atoms with Gasteiger partial charge in [0.1, 0.15) is 0 Å². The van der Waals surface area contributed by atoms with Gasteiger partial charge < -0.3 is 15.6 Å². The number of anilines is 1. The van der Waals surface area contributed by atoms with Gasteiger partial charge in [-0.1, -0.05) is 18.2 Å². The zero-order valence-corrected chi connectivity index (χ0v) is 9.53. The number of likely N-dealkylation sites (tertiary alicyclic amines) is 1. The molecule has 1 aliphatic heterocycles. The molecule has 0 aliphatic carbocycles. The number of benzene rings is 1. The molecule has 84 valence electrons. The van der Waals surface area contributed by atoms with Crippen LogP contribution in [0.4, 0.5) is 5.69 Å². The van der Waals surface area contributed by atoms with E-state index in [4.69, 9.17) is 5.41 Å². The average Bonchev–Trinajstić information content (AvgIpc) is 2.32. The summed E-state index contributed by atoms with van der Waals surface area (Å²) in [5.41, 5.74) is 2.90. The van der Waals surface area contributed by atoms with Gasteiger partial charge in [0.25, 0.3) is 0 Å². The molecule has 1 aromatic rings. The lowest BCUT2D eigenvalue weighted by Crippen LogP contribution is -2.32. The number of rotatable bonds is 2. The van der Waals surface area contributed by atoms with Crippen molar-refractivity contribution in [3.05, 3.63) is 42.1 Å². The van der Waals surface area contributed by atoms with Gasteiger partial charge in [-0.3, -0.25) is 0 Å². The molecule has 1 heterocycles. The fourth-order valence-electron chi connectivity index (χ4n) is 1.77. The number of nitrogens with zero attached hydrogens (tertiary/aromatic N) is 1. The van der Waals surface area contributed by atoms with E-state index >= 15 is 0 Å². The second-order valence-electron chi connectivity index (χ2n) is 4.15. The Bertz CT molecular complexity index is 395. The maximum atomic E-state index is 7.87. The molecule has 1 fully saturated rings. The lowest BCUT2D eigenvalue weighted by Gasteiger charge is -2.25. The Morgan fingerprint density at radius 2 is 2.06 bits per heavy atom. The van der Waals surface area contributed by atoms with E-state index in [1.54, 1.807) is 0 Å². The zero-order valence-electron chi connectivity index (χ0n) is 9.53. The summed E-state index contributed by atoms with van der Waals surface area (Å²) >= 11 is 0. The smallest absolute Gasteiger partial charge is 0.0386 e. The summed E-state index contributed by atoms with van der Waals surface area (Å²) in [6.07, 6.45) is 2.80. The van der Waals surface area contributed by atoms with Gasteiger partial charge in [-0.25, -0.2) is 0 Å². The molecule has 1 aliphatic rings. The first-order chi connectivity index (χ1) is 7.75. The van der Waals surface area contributed by atoms with Crippen LogP contribution in [0.1, 0.15) is 6.42 Å². The predicted molar refractivity (Wildman–Crippen MR) is 68.0 cm³/mol. The minimum Gasteiger partial charge on any atom is -0.361 e. The maximum Gasteiger partial charge on any atom is 0.0386 e. The molecule has 2 N–H and O–H groups in total. The molecule has 0 atom stereocenters. The Labute approximate surface area is 96.3 Å². The van der Waals surface area contributed by atoms with Crippen LogP contribution in [0.2, 0.25) is 0 Å². The molecule has 0 spiro atoms. The Morgan fingerprint density at radius 3 is 2.81 bits per heavy atom. The van der Waals surface area contributed by atoms with E-state index in [9.17, 15) is 0 Å². The van der Waals surface area contributed by atoms with Crippen LogP contribution in [0.15, 0.2) is 42.1 Å². The highest BCUT2D eigenvalue weighted by Gasteiger charge is 2.14. The standard InChI is InChI=1S/C13H17N3/c1-16-8-7-13(14)11(10-16)9-15-12-5-3-2-4-6-12/h2-6,9,14-15H,7-8,10H2,1H3/b11-9-,14-13?. The number of nitrogens with one attached hydrogen (secondary N) is 2. The maximum absolute atomic E-state index is 7.87. The molecule has 0 amide bonds. The fraction of sp³-hybridized carbons (Fsp3) is 0.308. The monoisotopic (exact) mass is 215 g/mol. The number of hydrogen-bond acceptors (Lipinski definition) is 3. The molecular formula is C13H17N3. The Hall–Kier alpha value is -1.61. The first kappa shape index (κ1) is 10.9. The summed E-state index contributed by atoms with van der Waals surface area (Å²) < 4.78 is 0. The average molecular weight is 215 g/mol. The van der Waals surface area contributed by atoms with Crippen LogP contribution in [-0.4, -0.2) is 30.7 Å². The Kier molecular flexibility index (Phi) is 3.37. The highest BCUT2D eigenvalue weighted by atomic mass is 15.1. The van der Waals surface area contributed by atoms with Crippen molar-refractivity contribution in [3.8, 4) is 0 Å². The molecule has 0 radical (unpaired) electrons. The normalized spacial score (nSPS) is 20.1. The van der Waals surface area contributed by atoms with Crippen LogP contribution in [-0.2, 0) is 0 Å². The van der Waals surface area contributed by atoms with Gasteiger partial charge in [0.2, 0.25) is 0 Å². The van der Waals surface area contributed by atoms with Crippen molar-refractivity contribution in [1.29, 1.82) is 5.41 Å². The van der Waals surface area contributed by atoms with Crippen molar-refractivity contribution in [1.82, 2.24) is 4.90 Å². The van der Waals surface area contributed by atoms with E-state index in [-0.39, 0.29) is 0 Å². The minimum absolute atomic E-state index is 0.751. The van der Waals surface area contributed by atoms with Crippen molar-refractivity contribution >= 4 is 11.4 Å². The highest BCUT2D eigenvalue weighted by Crippen LogP contribution is 2.12. The zero-order chi connectivity index (χ0) is 11.4. The van der Waals surface area contributed by atoms with Gasteiger partial charge in [0.15, 0.2) is 0 Å². The molecule has 16 heavy (non-hydrogen) atoms. The number of hydrogen-bond donors (Lipinski definition) is 2. The SMILES string of the molecule is CN1CCC(=N)/C(=C\Nc2ccccc2)C1. The lowest BCUT2D eigenvalue weighted by molar-refractivity contribution is 0.364. The van der Waals surface area contributed by atoms with E-state index < -0.39 is 0 Å². The number of para-hydroxylation sites is 1. The topological polar surface area (TPSA) is 39.1 Å². The van der Waals surface area contributed by atoms with Crippen LogP contribution < -0.4 is 5.32 Å². The Balaban J connectivity index is 2.03. The van der Waals surface area contributed by atoms with Crippen LogP contribution in [0.3, 0.4) is 0 Å². The largest absolute Gasteiger partial charge is 0.361 e. The second-order valence-corrected chi connectivity index (χ2v) is 4.15. The summed E-state index contributed by atoms with van der Waals surface area (Å²) in [5, 5.41) is 11.1. The minimum atomic E-state index is 0.751. The molecule has 2 rings (SSSR count). The van der Waals surface area contributed by atoms with Gasteiger partial charge in [0, 0.05) is 42.7 Å². The van der Waals surface area contributed by atoms with Gasteiger partial charge in [0.05, 0.1) is 0 Å². The van der Waals surface area contributed by atoms with E-state index in [0.717, 1.165) is 36.5 Å². The van der Waals surface area contributed by atoms with Crippen LogP contribution >= 0.6 is 0 Å².